The van der Waals surface area contributed by atoms with Gasteiger partial charge in [0.2, 0.25) is 11.8 Å². The van der Waals surface area contributed by atoms with Crippen molar-refractivity contribution < 1.29 is 18.0 Å². The summed E-state index contributed by atoms with van der Waals surface area (Å²) in [7, 11) is -4.15. The minimum absolute atomic E-state index is 0.00972. The largest absolute Gasteiger partial charge is 0.352 e. The van der Waals surface area contributed by atoms with Crippen LogP contribution in [0.3, 0.4) is 0 Å². The maximum atomic E-state index is 14.2. The normalized spacial score (nSPS) is 12.2. The van der Waals surface area contributed by atoms with Gasteiger partial charge in [-0.3, -0.25) is 13.9 Å². The summed E-state index contributed by atoms with van der Waals surface area (Å²) < 4.78 is 29.1. The highest BCUT2D eigenvalue weighted by atomic mass is 35.5. The fourth-order valence-corrected chi connectivity index (χ4v) is 6.25. The molecule has 41 heavy (non-hydrogen) atoms. The number of benzene rings is 3. The lowest BCUT2D eigenvalue weighted by atomic mass is 10.1. The number of rotatable bonds is 11. The Kier molecular flexibility index (Phi) is 10.9. The highest BCUT2D eigenvalue weighted by Gasteiger charge is 2.34. The van der Waals surface area contributed by atoms with Crippen molar-refractivity contribution in [3.8, 4) is 0 Å². The molecule has 0 aliphatic rings. The van der Waals surface area contributed by atoms with E-state index in [9.17, 15) is 18.0 Å². The monoisotopic (exact) mass is 617 g/mol. The van der Waals surface area contributed by atoms with Crippen LogP contribution in [0.2, 0.25) is 10.0 Å². The van der Waals surface area contributed by atoms with E-state index < -0.39 is 28.5 Å². The minimum Gasteiger partial charge on any atom is -0.352 e. The van der Waals surface area contributed by atoms with E-state index in [-0.39, 0.29) is 23.4 Å². The third kappa shape index (κ3) is 8.03. The van der Waals surface area contributed by atoms with Gasteiger partial charge in [0.15, 0.2) is 0 Å². The maximum absolute atomic E-state index is 14.2. The molecule has 0 aliphatic carbocycles. The Bertz CT molecular complexity index is 1510. The minimum atomic E-state index is -4.15. The van der Waals surface area contributed by atoms with Crippen molar-refractivity contribution in [2.75, 3.05) is 10.8 Å². The number of amides is 2. The Morgan fingerprint density at radius 3 is 2.12 bits per heavy atom. The van der Waals surface area contributed by atoms with Crippen LogP contribution in [0.1, 0.15) is 49.4 Å². The molecular formula is C31H37Cl2N3O4S. The quantitative estimate of drug-likeness (QED) is 0.268. The van der Waals surface area contributed by atoms with Gasteiger partial charge in [0.05, 0.1) is 10.6 Å². The molecule has 10 heteroatoms. The molecule has 3 aromatic carbocycles. The average molecular weight is 619 g/mol. The zero-order valence-electron chi connectivity index (χ0n) is 24.2. The van der Waals surface area contributed by atoms with Crippen LogP contribution >= 0.6 is 23.2 Å². The number of anilines is 1. The lowest BCUT2D eigenvalue weighted by Crippen LogP contribution is -2.53. The lowest BCUT2D eigenvalue weighted by Gasteiger charge is -2.34. The number of hydrogen-bond donors (Lipinski definition) is 1. The molecule has 3 aromatic rings. The van der Waals surface area contributed by atoms with Crippen LogP contribution in [0, 0.1) is 20.8 Å². The zero-order valence-corrected chi connectivity index (χ0v) is 26.6. The van der Waals surface area contributed by atoms with Gasteiger partial charge in [-0.25, -0.2) is 8.42 Å². The molecule has 7 nitrogen and oxygen atoms in total. The molecule has 0 bridgehead atoms. The second-order valence-corrected chi connectivity index (χ2v) is 13.1. The third-order valence-corrected chi connectivity index (χ3v) is 9.21. The van der Waals surface area contributed by atoms with Crippen molar-refractivity contribution in [1.82, 2.24) is 10.2 Å². The van der Waals surface area contributed by atoms with E-state index in [0.29, 0.717) is 27.7 Å². The fourth-order valence-electron chi connectivity index (χ4n) is 4.38. The number of hydrogen-bond acceptors (Lipinski definition) is 4. The molecule has 1 N–H and O–H groups in total. The lowest BCUT2D eigenvalue weighted by molar-refractivity contribution is -0.140. The van der Waals surface area contributed by atoms with Gasteiger partial charge in [0.1, 0.15) is 12.6 Å². The number of sulfonamides is 1. The topological polar surface area (TPSA) is 86.8 Å². The highest BCUT2D eigenvalue weighted by molar-refractivity contribution is 7.92. The van der Waals surface area contributed by atoms with E-state index in [1.165, 1.54) is 17.0 Å². The molecule has 0 aromatic heterocycles. The van der Waals surface area contributed by atoms with Gasteiger partial charge in [-0.05, 0) is 94.1 Å². The summed E-state index contributed by atoms with van der Waals surface area (Å²) in [5.41, 5.74) is 3.71. The Hall–Kier alpha value is -3.07. The van der Waals surface area contributed by atoms with Gasteiger partial charge in [-0.1, -0.05) is 60.0 Å². The van der Waals surface area contributed by atoms with Crippen LogP contribution in [0.4, 0.5) is 5.69 Å². The predicted molar refractivity (Wildman–Crippen MR) is 166 cm³/mol. The first-order valence-corrected chi connectivity index (χ1v) is 15.6. The van der Waals surface area contributed by atoms with Crippen LogP contribution in [-0.2, 0) is 26.2 Å². The van der Waals surface area contributed by atoms with E-state index in [1.54, 1.807) is 49.4 Å². The van der Waals surface area contributed by atoms with Crippen LogP contribution < -0.4 is 9.62 Å². The summed E-state index contributed by atoms with van der Waals surface area (Å²) >= 11 is 12.5. The van der Waals surface area contributed by atoms with Crippen molar-refractivity contribution in [3.05, 3.63) is 93.0 Å². The van der Waals surface area contributed by atoms with Crippen molar-refractivity contribution in [3.63, 3.8) is 0 Å². The van der Waals surface area contributed by atoms with E-state index >= 15 is 0 Å². The molecule has 3 rings (SSSR count). The third-order valence-electron chi connectivity index (χ3n) is 6.84. The first kappa shape index (κ1) is 32.4. The summed E-state index contributed by atoms with van der Waals surface area (Å²) in [6.45, 7) is 10.6. The standard InChI is InChI=1S/C31H37Cl2N3O4S/c1-7-29(31(38)34-20(2)3)35(18-24-11-12-25(32)17-28(24)33)30(37)19-36(26-13-10-22(5)23(6)16-26)41(39,40)27-14-8-21(4)9-15-27/h8-17,20,29H,7,18-19H2,1-6H3,(H,34,38)/t29-/m1/s1. The molecule has 1 atom stereocenters. The number of halogens is 2. The Morgan fingerprint density at radius 1 is 0.902 bits per heavy atom. The van der Waals surface area contributed by atoms with E-state index in [0.717, 1.165) is 21.0 Å². The maximum Gasteiger partial charge on any atom is 0.264 e. The Morgan fingerprint density at radius 2 is 1.56 bits per heavy atom. The molecule has 0 unspecified atom stereocenters. The molecule has 0 spiro atoms. The second-order valence-electron chi connectivity index (χ2n) is 10.4. The number of nitrogens with one attached hydrogen (secondary N) is 1. The second kappa shape index (κ2) is 13.7. The van der Waals surface area contributed by atoms with E-state index in [4.69, 9.17) is 23.2 Å². The molecule has 0 heterocycles. The van der Waals surface area contributed by atoms with Crippen LogP contribution in [-0.4, -0.2) is 43.8 Å². The number of aryl methyl sites for hydroxylation is 3. The predicted octanol–water partition coefficient (Wildman–Crippen LogP) is 6.45. The first-order valence-electron chi connectivity index (χ1n) is 13.4. The van der Waals surface area contributed by atoms with E-state index in [2.05, 4.69) is 5.32 Å². The SMILES string of the molecule is CC[C@H](C(=O)NC(C)C)N(Cc1ccc(Cl)cc1Cl)C(=O)CN(c1ccc(C)c(C)c1)S(=O)(=O)c1ccc(C)cc1. The van der Waals surface area contributed by atoms with Crippen LogP contribution in [0.15, 0.2) is 65.6 Å². The van der Waals surface area contributed by atoms with Crippen LogP contribution in [0.5, 0.6) is 0 Å². The van der Waals surface area contributed by atoms with Gasteiger partial charge in [0, 0.05) is 22.6 Å². The van der Waals surface area contributed by atoms with E-state index in [1.807, 2.05) is 40.7 Å². The fraction of sp³-hybridized carbons (Fsp3) is 0.355. The molecular weight excluding hydrogens is 581 g/mol. The summed E-state index contributed by atoms with van der Waals surface area (Å²) in [5.74, 6) is -0.879. The molecule has 0 aliphatic heterocycles. The van der Waals surface area contributed by atoms with Crippen LogP contribution in [0.25, 0.3) is 0 Å². The summed E-state index contributed by atoms with van der Waals surface area (Å²) in [4.78, 5) is 28.9. The number of nitrogens with zero attached hydrogens (tertiary/aromatic N) is 2. The average Bonchev–Trinajstić information content (AvgIpc) is 2.89. The molecule has 0 saturated carbocycles. The first-order chi connectivity index (χ1) is 19.2. The number of carbonyl (C=O) groups excluding carboxylic acids is 2. The molecule has 0 radical (unpaired) electrons. The summed E-state index contributed by atoms with van der Waals surface area (Å²) in [5, 5.41) is 3.66. The van der Waals surface area contributed by atoms with Crippen molar-refractivity contribution in [1.29, 1.82) is 0 Å². The van der Waals surface area contributed by atoms with Crippen molar-refractivity contribution in [2.24, 2.45) is 0 Å². The Balaban J connectivity index is 2.11. The highest BCUT2D eigenvalue weighted by Crippen LogP contribution is 2.28. The molecule has 2 amide bonds. The van der Waals surface area contributed by atoms with Gasteiger partial charge >= 0.3 is 0 Å². The number of carbonyl (C=O) groups is 2. The van der Waals surface area contributed by atoms with Crippen molar-refractivity contribution >= 4 is 50.7 Å². The summed E-state index contributed by atoms with van der Waals surface area (Å²) in [6, 6.07) is 15.6. The molecule has 0 fully saturated rings. The molecule has 220 valence electrons. The van der Waals surface area contributed by atoms with Gasteiger partial charge in [0.25, 0.3) is 10.0 Å². The Labute approximate surface area is 253 Å². The van der Waals surface area contributed by atoms with Gasteiger partial charge in [-0.15, -0.1) is 0 Å². The smallest absolute Gasteiger partial charge is 0.264 e. The van der Waals surface area contributed by atoms with Crippen molar-refractivity contribution in [2.45, 2.75) is 71.5 Å². The van der Waals surface area contributed by atoms with Gasteiger partial charge < -0.3 is 10.2 Å². The zero-order chi connectivity index (χ0) is 30.5. The molecule has 0 saturated heterocycles. The summed E-state index contributed by atoms with van der Waals surface area (Å²) in [6.07, 6.45) is 0.309. The van der Waals surface area contributed by atoms with Gasteiger partial charge in [-0.2, -0.15) is 0 Å².